The molecule has 0 heterocycles. The zero-order valence-electron chi connectivity index (χ0n) is 11.5. The Labute approximate surface area is 115 Å². The number of alkyl halides is 8. The van der Waals surface area contributed by atoms with E-state index in [9.17, 15) is 39.9 Å². The molecule has 0 rings (SSSR count). The van der Waals surface area contributed by atoms with E-state index in [1.54, 1.807) is 0 Å². The number of rotatable bonds is 4. The summed E-state index contributed by atoms with van der Waals surface area (Å²) in [4.78, 5) is 11.5. The van der Waals surface area contributed by atoms with E-state index in [1.807, 2.05) is 0 Å². The summed E-state index contributed by atoms with van der Waals surface area (Å²) < 4.78 is 105. The molecule has 1 unspecified atom stereocenters. The third-order valence-electron chi connectivity index (χ3n) is 3.23. The van der Waals surface area contributed by atoms with Crippen LogP contribution in [0.15, 0.2) is 0 Å². The van der Waals surface area contributed by atoms with Gasteiger partial charge in [0.05, 0.1) is 5.41 Å². The number of ether oxygens (including phenoxy) is 1. The van der Waals surface area contributed by atoms with Gasteiger partial charge >= 0.3 is 24.2 Å². The highest BCUT2D eigenvalue weighted by atomic mass is 19.4. The topological polar surface area (TPSA) is 26.3 Å². The van der Waals surface area contributed by atoms with E-state index in [-0.39, 0.29) is 6.42 Å². The molecule has 0 N–H and O–H groups in total. The minimum Gasteiger partial charge on any atom is -0.442 e. The van der Waals surface area contributed by atoms with E-state index in [2.05, 4.69) is 4.74 Å². The molecule has 0 radical (unpaired) electrons. The summed E-state index contributed by atoms with van der Waals surface area (Å²) in [6.07, 6.45) is -12.8. The zero-order chi connectivity index (χ0) is 17.5. The van der Waals surface area contributed by atoms with Crippen LogP contribution in [0.2, 0.25) is 0 Å². The first-order valence-corrected chi connectivity index (χ1v) is 5.68. The summed E-state index contributed by atoms with van der Waals surface area (Å²) in [6.45, 7) is 2.98. The van der Waals surface area contributed by atoms with Gasteiger partial charge in [-0.05, 0) is 27.2 Å². The van der Waals surface area contributed by atoms with Crippen molar-refractivity contribution < 1.29 is 44.7 Å². The Morgan fingerprint density at radius 1 is 0.857 bits per heavy atom. The lowest BCUT2D eigenvalue weighted by atomic mass is 9.89. The lowest BCUT2D eigenvalue weighted by molar-refractivity contribution is -0.398. The summed E-state index contributed by atoms with van der Waals surface area (Å²) in [7, 11) is 0. The van der Waals surface area contributed by atoms with Crippen LogP contribution in [0.4, 0.5) is 35.1 Å². The molecule has 0 aromatic heterocycles. The van der Waals surface area contributed by atoms with Gasteiger partial charge in [-0.15, -0.1) is 0 Å². The molecule has 0 spiro atoms. The highest BCUT2D eigenvalue weighted by molar-refractivity contribution is 5.76. The lowest BCUT2D eigenvalue weighted by Crippen LogP contribution is -2.65. The van der Waals surface area contributed by atoms with E-state index < -0.39 is 42.2 Å². The molecule has 0 aliphatic carbocycles. The maximum Gasteiger partial charge on any atom is 0.458 e. The minimum atomic E-state index is -6.53. The Bertz CT molecular complexity index is 396. The molecule has 21 heavy (non-hydrogen) atoms. The fourth-order valence-corrected chi connectivity index (χ4v) is 1.04. The molecule has 0 amide bonds. The smallest absolute Gasteiger partial charge is 0.442 e. The van der Waals surface area contributed by atoms with Crippen LogP contribution in [0.25, 0.3) is 0 Å². The summed E-state index contributed by atoms with van der Waals surface area (Å²) in [5.74, 6) is -8.09. The standard InChI is InChI=1S/C11H14F8O2/c1-5-7(2,3)6(20)21-8(4,10(14,15)16)9(12,13)11(17,18)19/h5H2,1-4H3. The lowest BCUT2D eigenvalue weighted by Gasteiger charge is -2.40. The van der Waals surface area contributed by atoms with E-state index >= 15 is 0 Å². The van der Waals surface area contributed by atoms with Crippen molar-refractivity contribution >= 4 is 5.97 Å². The van der Waals surface area contributed by atoms with Crippen molar-refractivity contribution in [3.8, 4) is 0 Å². The van der Waals surface area contributed by atoms with Crippen molar-refractivity contribution in [2.75, 3.05) is 0 Å². The van der Waals surface area contributed by atoms with Gasteiger partial charge in [0.2, 0.25) is 0 Å². The molecule has 10 heteroatoms. The molecule has 0 aliphatic rings. The SMILES string of the molecule is CCC(C)(C)C(=O)OC(C)(C(F)(F)F)C(F)(F)C(F)(F)F. The van der Waals surface area contributed by atoms with Crippen molar-refractivity contribution in [1.29, 1.82) is 0 Å². The van der Waals surface area contributed by atoms with Crippen LogP contribution in [-0.2, 0) is 9.53 Å². The largest absolute Gasteiger partial charge is 0.458 e. The van der Waals surface area contributed by atoms with Gasteiger partial charge in [-0.2, -0.15) is 35.1 Å². The number of hydrogen-bond donors (Lipinski definition) is 0. The van der Waals surface area contributed by atoms with Gasteiger partial charge in [-0.3, -0.25) is 4.79 Å². The molecule has 126 valence electrons. The van der Waals surface area contributed by atoms with Crippen LogP contribution in [0.3, 0.4) is 0 Å². The maximum absolute atomic E-state index is 13.2. The second-order valence-electron chi connectivity index (χ2n) is 5.23. The summed E-state index contributed by atoms with van der Waals surface area (Å²) in [5, 5.41) is 0. The minimum absolute atomic E-state index is 0.114. The van der Waals surface area contributed by atoms with Crippen LogP contribution in [0.1, 0.15) is 34.1 Å². The van der Waals surface area contributed by atoms with Crippen LogP contribution in [-0.4, -0.2) is 29.8 Å². The third kappa shape index (κ3) is 3.39. The van der Waals surface area contributed by atoms with Crippen LogP contribution < -0.4 is 0 Å². The highest BCUT2D eigenvalue weighted by Crippen LogP contribution is 2.52. The Morgan fingerprint density at radius 2 is 1.24 bits per heavy atom. The van der Waals surface area contributed by atoms with Crippen LogP contribution in [0, 0.1) is 5.41 Å². The summed E-state index contributed by atoms with van der Waals surface area (Å²) in [6, 6.07) is 0. The number of esters is 1. The molecule has 0 saturated carbocycles. The number of hydrogen-bond acceptors (Lipinski definition) is 2. The first-order chi connectivity index (χ1) is 8.94. The Morgan fingerprint density at radius 3 is 1.48 bits per heavy atom. The summed E-state index contributed by atoms with van der Waals surface area (Å²) in [5.41, 5.74) is -6.66. The quantitative estimate of drug-likeness (QED) is 0.561. The van der Waals surface area contributed by atoms with Crippen molar-refractivity contribution in [1.82, 2.24) is 0 Å². The van der Waals surface area contributed by atoms with Gasteiger partial charge in [0, 0.05) is 0 Å². The molecule has 0 aliphatic heterocycles. The maximum atomic E-state index is 13.2. The Hall–Kier alpha value is -1.09. The van der Waals surface area contributed by atoms with Gasteiger partial charge in [-0.25, -0.2) is 0 Å². The van der Waals surface area contributed by atoms with Gasteiger partial charge in [-0.1, -0.05) is 6.92 Å². The van der Waals surface area contributed by atoms with E-state index in [0.29, 0.717) is 0 Å². The van der Waals surface area contributed by atoms with Crippen molar-refractivity contribution in [3.05, 3.63) is 0 Å². The molecular formula is C11H14F8O2. The molecule has 0 saturated heterocycles. The van der Waals surface area contributed by atoms with Gasteiger partial charge in [0.1, 0.15) is 0 Å². The number of carbonyl (C=O) groups is 1. The zero-order valence-corrected chi connectivity index (χ0v) is 11.5. The van der Waals surface area contributed by atoms with E-state index in [0.717, 1.165) is 13.8 Å². The average molecular weight is 330 g/mol. The second-order valence-corrected chi connectivity index (χ2v) is 5.23. The first kappa shape index (κ1) is 19.9. The normalized spacial score (nSPS) is 17.3. The van der Waals surface area contributed by atoms with Gasteiger partial charge in [0.15, 0.2) is 0 Å². The van der Waals surface area contributed by atoms with E-state index in [4.69, 9.17) is 0 Å². The number of carbonyl (C=O) groups excluding carboxylic acids is 1. The van der Waals surface area contributed by atoms with Gasteiger partial charge < -0.3 is 4.74 Å². The second kappa shape index (κ2) is 5.28. The fourth-order valence-electron chi connectivity index (χ4n) is 1.04. The van der Waals surface area contributed by atoms with Crippen LogP contribution >= 0.6 is 0 Å². The molecule has 0 bridgehead atoms. The monoisotopic (exact) mass is 330 g/mol. The molecule has 2 nitrogen and oxygen atoms in total. The predicted molar refractivity (Wildman–Crippen MR) is 55.6 cm³/mol. The van der Waals surface area contributed by atoms with Gasteiger partial charge in [0.25, 0.3) is 5.60 Å². The summed E-state index contributed by atoms with van der Waals surface area (Å²) >= 11 is 0. The predicted octanol–water partition coefficient (Wildman–Crippen LogP) is 4.48. The molecule has 1 atom stereocenters. The first-order valence-electron chi connectivity index (χ1n) is 5.68. The van der Waals surface area contributed by atoms with Crippen molar-refractivity contribution in [3.63, 3.8) is 0 Å². The fraction of sp³-hybridized carbons (Fsp3) is 0.909. The van der Waals surface area contributed by atoms with Crippen LogP contribution in [0.5, 0.6) is 0 Å². The average Bonchev–Trinajstić information content (AvgIpc) is 2.25. The molecule has 0 aromatic rings. The third-order valence-corrected chi connectivity index (χ3v) is 3.23. The molecule has 0 aromatic carbocycles. The van der Waals surface area contributed by atoms with Crippen molar-refractivity contribution in [2.24, 2.45) is 5.41 Å². The Kier molecular flexibility index (Phi) is 5.00. The Balaban J connectivity index is 5.89. The molecule has 0 fully saturated rings. The molecular weight excluding hydrogens is 316 g/mol. The van der Waals surface area contributed by atoms with Crippen molar-refractivity contribution in [2.45, 2.75) is 58.0 Å². The number of halogens is 8. The van der Waals surface area contributed by atoms with E-state index in [1.165, 1.54) is 6.92 Å². The highest BCUT2D eigenvalue weighted by Gasteiger charge is 2.80.